The molecule has 0 amide bonds. The molecule has 5 nitrogen and oxygen atoms in total. The molecule has 0 unspecified atom stereocenters. The van der Waals surface area contributed by atoms with Crippen LogP contribution in [-0.2, 0) is 10.1 Å². The second kappa shape index (κ2) is 4.77. The second-order valence-electron chi connectivity index (χ2n) is 3.65. The van der Waals surface area contributed by atoms with Crippen LogP contribution in [0.2, 0.25) is 0 Å². The average Bonchev–Trinajstić information content (AvgIpc) is 2.38. The SMILES string of the molecule is NN(c1ccccc1)c1ccccc1S(=O)(=O)O. The molecule has 0 bridgehead atoms. The van der Waals surface area contributed by atoms with Crippen molar-refractivity contribution < 1.29 is 13.0 Å². The lowest BCUT2D eigenvalue weighted by molar-refractivity contribution is 0.483. The number of nitrogens with zero attached hydrogens (tertiary/aromatic N) is 1. The summed E-state index contributed by atoms with van der Waals surface area (Å²) in [7, 11) is -4.31. The Kier molecular flexibility index (Phi) is 3.33. The number of anilines is 2. The summed E-state index contributed by atoms with van der Waals surface area (Å²) in [5.41, 5.74) is 0.833. The summed E-state index contributed by atoms with van der Waals surface area (Å²) in [5.74, 6) is 5.87. The normalized spacial score (nSPS) is 11.2. The van der Waals surface area contributed by atoms with E-state index in [9.17, 15) is 8.42 Å². The first-order valence-corrected chi connectivity index (χ1v) is 6.60. The van der Waals surface area contributed by atoms with Gasteiger partial charge < -0.3 is 0 Å². The molecule has 2 aromatic carbocycles. The van der Waals surface area contributed by atoms with Crippen molar-refractivity contribution in [2.24, 2.45) is 5.84 Å². The van der Waals surface area contributed by atoms with Gasteiger partial charge in [-0.1, -0.05) is 30.3 Å². The van der Waals surface area contributed by atoms with E-state index in [0.29, 0.717) is 5.69 Å². The summed E-state index contributed by atoms with van der Waals surface area (Å²) >= 11 is 0. The number of hydrogen-bond acceptors (Lipinski definition) is 4. The van der Waals surface area contributed by atoms with Crippen LogP contribution in [0.1, 0.15) is 0 Å². The van der Waals surface area contributed by atoms with Crippen LogP contribution in [0.15, 0.2) is 59.5 Å². The van der Waals surface area contributed by atoms with Crippen LogP contribution < -0.4 is 10.9 Å². The number of hydrogen-bond donors (Lipinski definition) is 2. The average molecular weight is 264 g/mol. The predicted molar refractivity (Wildman–Crippen MR) is 69.0 cm³/mol. The van der Waals surface area contributed by atoms with E-state index >= 15 is 0 Å². The van der Waals surface area contributed by atoms with Gasteiger partial charge in [-0.25, -0.2) is 5.84 Å². The molecule has 18 heavy (non-hydrogen) atoms. The fraction of sp³-hybridized carbons (Fsp3) is 0. The largest absolute Gasteiger partial charge is 0.296 e. The van der Waals surface area contributed by atoms with Gasteiger partial charge in [0.15, 0.2) is 0 Å². The van der Waals surface area contributed by atoms with Crippen molar-refractivity contribution in [3.63, 3.8) is 0 Å². The van der Waals surface area contributed by atoms with Gasteiger partial charge in [-0.3, -0.25) is 9.56 Å². The van der Waals surface area contributed by atoms with Crippen LogP contribution in [0, 0.1) is 0 Å². The molecule has 94 valence electrons. The zero-order valence-electron chi connectivity index (χ0n) is 9.39. The fourth-order valence-corrected chi connectivity index (χ4v) is 2.28. The van der Waals surface area contributed by atoms with Gasteiger partial charge in [0.25, 0.3) is 10.1 Å². The molecular formula is C12H12N2O3S. The highest BCUT2D eigenvalue weighted by atomic mass is 32.2. The van der Waals surface area contributed by atoms with Gasteiger partial charge in [0.1, 0.15) is 4.90 Å². The van der Waals surface area contributed by atoms with E-state index in [1.165, 1.54) is 23.2 Å². The molecule has 0 aliphatic rings. The third-order valence-corrected chi connectivity index (χ3v) is 3.34. The standard InChI is InChI=1S/C12H12N2O3S/c13-14(10-6-2-1-3-7-10)11-8-4-5-9-12(11)18(15,16)17/h1-9H,13H2,(H,15,16,17). The predicted octanol–water partition coefficient (Wildman–Crippen LogP) is 1.95. The van der Waals surface area contributed by atoms with Gasteiger partial charge in [0, 0.05) is 0 Å². The second-order valence-corrected chi connectivity index (χ2v) is 5.04. The molecule has 2 aromatic rings. The van der Waals surface area contributed by atoms with Crippen molar-refractivity contribution in [1.82, 2.24) is 0 Å². The van der Waals surface area contributed by atoms with Crippen molar-refractivity contribution in [2.45, 2.75) is 4.90 Å². The summed E-state index contributed by atoms with van der Waals surface area (Å²) in [6.45, 7) is 0. The van der Waals surface area contributed by atoms with Gasteiger partial charge in [0.2, 0.25) is 0 Å². The Labute approximate surface area is 105 Å². The van der Waals surface area contributed by atoms with Crippen LogP contribution in [-0.4, -0.2) is 13.0 Å². The Morgan fingerprint density at radius 3 is 2.11 bits per heavy atom. The van der Waals surface area contributed by atoms with Crippen LogP contribution in [0.3, 0.4) is 0 Å². The number of benzene rings is 2. The molecule has 0 saturated heterocycles. The molecule has 0 aromatic heterocycles. The maximum absolute atomic E-state index is 11.3. The van der Waals surface area contributed by atoms with Crippen molar-refractivity contribution in [2.75, 3.05) is 5.01 Å². The molecule has 0 spiro atoms. The lowest BCUT2D eigenvalue weighted by Gasteiger charge is -2.20. The zero-order chi connectivity index (χ0) is 13.2. The Bertz CT molecular complexity index is 641. The van der Waals surface area contributed by atoms with Crippen molar-refractivity contribution in [3.05, 3.63) is 54.6 Å². The summed E-state index contributed by atoms with van der Waals surface area (Å²) in [5, 5.41) is 1.21. The highest BCUT2D eigenvalue weighted by molar-refractivity contribution is 7.86. The van der Waals surface area contributed by atoms with Crippen molar-refractivity contribution in [1.29, 1.82) is 0 Å². The Morgan fingerprint density at radius 2 is 1.50 bits per heavy atom. The van der Waals surface area contributed by atoms with Gasteiger partial charge in [-0.15, -0.1) is 0 Å². The molecule has 3 N–H and O–H groups in total. The third kappa shape index (κ3) is 2.51. The van der Waals surface area contributed by atoms with E-state index in [1.807, 2.05) is 6.07 Å². The fourth-order valence-electron chi connectivity index (χ4n) is 1.60. The van der Waals surface area contributed by atoms with E-state index in [1.54, 1.807) is 30.3 Å². The van der Waals surface area contributed by atoms with E-state index in [-0.39, 0.29) is 10.6 Å². The Morgan fingerprint density at radius 1 is 0.944 bits per heavy atom. The van der Waals surface area contributed by atoms with Gasteiger partial charge in [-0.2, -0.15) is 8.42 Å². The van der Waals surface area contributed by atoms with Crippen molar-refractivity contribution in [3.8, 4) is 0 Å². The van der Waals surface area contributed by atoms with Crippen LogP contribution in [0.5, 0.6) is 0 Å². The first kappa shape index (κ1) is 12.6. The van der Waals surface area contributed by atoms with Crippen LogP contribution in [0.4, 0.5) is 11.4 Å². The summed E-state index contributed by atoms with van der Waals surface area (Å²) < 4.78 is 31.7. The topological polar surface area (TPSA) is 83.6 Å². The monoisotopic (exact) mass is 264 g/mol. The highest BCUT2D eigenvalue weighted by Crippen LogP contribution is 2.28. The van der Waals surface area contributed by atoms with E-state index in [2.05, 4.69) is 0 Å². The molecule has 0 fully saturated rings. The Balaban J connectivity index is 2.53. The Hall–Kier alpha value is -1.89. The number of nitrogens with two attached hydrogens (primary N) is 1. The minimum atomic E-state index is -4.31. The number of para-hydroxylation sites is 2. The minimum absolute atomic E-state index is 0.214. The van der Waals surface area contributed by atoms with E-state index < -0.39 is 10.1 Å². The van der Waals surface area contributed by atoms with E-state index in [4.69, 9.17) is 10.4 Å². The molecule has 0 heterocycles. The van der Waals surface area contributed by atoms with E-state index in [0.717, 1.165) is 0 Å². The number of hydrazine groups is 1. The number of rotatable bonds is 3. The molecule has 2 rings (SSSR count). The molecule has 0 radical (unpaired) electrons. The van der Waals surface area contributed by atoms with Crippen LogP contribution in [0.25, 0.3) is 0 Å². The lowest BCUT2D eigenvalue weighted by Crippen LogP contribution is -2.26. The smallest absolute Gasteiger partial charge is 0.282 e. The van der Waals surface area contributed by atoms with Gasteiger partial charge in [-0.05, 0) is 24.3 Å². The maximum Gasteiger partial charge on any atom is 0.296 e. The quantitative estimate of drug-likeness (QED) is 0.503. The first-order chi connectivity index (χ1) is 8.50. The van der Waals surface area contributed by atoms with Crippen molar-refractivity contribution >= 4 is 21.5 Å². The maximum atomic E-state index is 11.3. The molecule has 6 heteroatoms. The molecule has 0 saturated carbocycles. The summed E-state index contributed by atoms with van der Waals surface area (Å²) in [4.78, 5) is -0.226. The molecule has 0 aliphatic carbocycles. The van der Waals surface area contributed by atoms with Gasteiger partial charge in [0.05, 0.1) is 11.4 Å². The summed E-state index contributed by atoms with van der Waals surface area (Å²) in [6, 6.07) is 14.9. The summed E-state index contributed by atoms with van der Waals surface area (Å²) in [6.07, 6.45) is 0. The highest BCUT2D eigenvalue weighted by Gasteiger charge is 2.18. The van der Waals surface area contributed by atoms with Crippen LogP contribution >= 0.6 is 0 Å². The molecule has 0 atom stereocenters. The molecular weight excluding hydrogens is 252 g/mol. The minimum Gasteiger partial charge on any atom is -0.282 e. The zero-order valence-corrected chi connectivity index (χ0v) is 10.2. The third-order valence-electron chi connectivity index (χ3n) is 2.44. The lowest BCUT2D eigenvalue weighted by atomic mass is 10.2. The first-order valence-electron chi connectivity index (χ1n) is 5.16. The molecule has 0 aliphatic heterocycles. The van der Waals surface area contributed by atoms with Gasteiger partial charge >= 0.3 is 0 Å².